The Bertz CT molecular complexity index is 363. The zero-order valence-electron chi connectivity index (χ0n) is 9.93. The van der Waals surface area contributed by atoms with E-state index in [0.717, 1.165) is 48.2 Å². The Kier molecular flexibility index (Phi) is 4.31. The van der Waals surface area contributed by atoms with Crippen LogP contribution in [0.5, 0.6) is 0 Å². The van der Waals surface area contributed by atoms with Crippen LogP contribution in [0.1, 0.15) is 18.4 Å². The first-order chi connectivity index (χ1) is 8.19. The molecule has 0 atom stereocenters. The fourth-order valence-corrected chi connectivity index (χ4v) is 3.42. The maximum Gasteiger partial charge on any atom is 0.0475 e. The highest BCUT2D eigenvalue weighted by molar-refractivity contribution is 6.36. The van der Waals surface area contributed by atoms with E-state index in [2.05, 4.69) is 5.32 Å². The highest BCUT2D eigenvalue weighted by Gasteiger charge is 2.37. The molecule has 4 heteroatoms. The van der Waals surface area contributed by atoms with E-state index in [1.807, 2.05) is 25.2 Å². The molecular formula is C13H17Cl2NO. The highest BCUT2D eigenvalue weighted by Crippen LogP contribution is 2.41. The predicted octanol–water partition coefficient (Wildman–Crippen LogP) is 3.26. The molecule has 1 N–H and O–H groups in total. The van der Waals surface area contributed by atoms with Crippen LogP contribution in [-0.4, -0.2) is 26.8 Å². The van der Waals surface area contributed by atoms with Gasteiger partial charge in [-0.05, 0) is 37.6 Å². The molecule has 0 aliphatic carbocycles. The van der Waals surface area contributed by atoms with Gasteiger partial charge in [0.05, 0.1) is 0 Å². The average Bonchev–Trinajstić information content (AvgIpc) is 2.30. The van der Waals surface area contributed by atoms with E-state index in [1.165, 1.54) is 0 Å². The zero-order valence-corrected chi connectivity index (χ0v) is 11.4. The summed E-state index contributed by atoms with van der Waals surface area (Å²) < 4.78 is 5.46. The van der Waals surface area contributed by atoms with Gasteiger partial charge in [-0.2, -0.15) is 0 Å². The number of benzene rings is 1. The molecule has 94 valence electrons. The summed E-state index contributed by atoms with van der Waals surface area (Å²) >= 11 is 12.7. The molecule has 0 unspecified atom stereocenters. The molecule has 1 aromatic rings. The lowest BCUT2D eigenvalue weighted by Gasteiger charge is -2.38. The van der Waals surface area contributed by atoms with Crippen LogP contribution >= 0.6 is 23.2 Å². The Labute approximate surface area is 112 Å². The number of rotatable bonds is 3. The lowest BCUT2D eigenvalue weighted by molar-refractivity contribution is 0.0506. The Morgan fingerprint density at radius 3 is 2.35 bits per heavy atom. The van der Waals surface area contributed by atoms with Crippen LogP contribution in [0, 0.1) is 0 Å². The molecule has 0 spiro atoms. The van der Waals surface area contributed by atoms with Crippen molar-refractivity contribution in [3.63, 3.8) is 0 Å². The van der Waals surface area contributed by atoms with Crippen LogP contribution in [0.2, 0.25) is 10.0 Å². The Hall–Kier alpha value is -0.280. The summed E-state index contributed by atoms with van der Waals surface area (Å²) in [6.07, 6.45) is 1.91. The van der Waals surface area contributed by atoms with Crippen molar-refractivity contribution in [3.05, 3.63) is 33.8 Å². The minimum Gasteiger partial charge on any atom is -0.381 e. The van der Waals surface area contributed by atoms with Crippen molar-refractivity contribution in [1.82, 2.24) is 5.32 Å². The van der Waals surface area contributed by atoms with Crippen molar-refractivity contribution in [3.8, 4) is 0 Å². The topological polar surface area (TPSA) is 21.3 Å². The number of hydrogen-bond donors (Lipinski definition) is 1. The van der Waals surface area contributed by atoms with E-state index in [4.69, 9.17) is 27.9 Å². The van der Waals surface area contributed by atoms with Gasteiger partial charge in [0.15, 0.2) is 0 Å². The van der Waals surface area contributed by atoms with Crippen LogP contribution in [-0.2, 0) is 10.2 Å². The van der Waals surface area contributed by atoms with Crippen LogP contribution in [0.3, 0.4) is 0 Å². The molecule has 1 aliphatic rings. The Morgan fingerprint density at radius 1 is 1.24 bits per heavy atom. The second kappa shape index (κ2) is 5.57. The summed E-state index contributed by atoms with van der Waals surface area (Å²) in [7, 11) is 1.96. The van der Waals surface area contributed by atoms with Crippen molar-refractivity contribution in [2.45, 2.75) is 18.3 Å². The molecule has 2 rings (SSSR count). The summed E-state index contributed by atoms with van der Waals surface area (Å²) in [6.45, 7) is 2.41. The van der Waals surface area contributed by atoms with Gasteiger partial charge >= 0.3 is 0 Å². The summed E-state index contributed by atoms with van der Waals surface area (Å²) in [5, 5.41) is 4.78. The lowest BCUT2D eigenvalue weighted by Crippen LogP contribution is -2.42. The van der Waals surface area contributed by atoms with Crippen LogP contribution in [0.15, 0.2) is 18.2 Å². The van der Waals surface area contributed by atoms with Crippen LogP contribution in [0.25, 0.3) is 0 Å². The number of nitrogens with one attached hydrogen (secondary N) is 1. The van der Waals surface area contributed by atoms with Crippen LogP contribution < -0.4 is 5.32 Å². The molecular weight excluding hydrogens is 257 g/mol. The molecule has 0 saturated carbocycles. The summed E-state index contributed by atoms with van der Waals surface area (Å²) in [4.78, 5) is 0. The van der Waals surface area contributed by atoms with E-state index in [0.29, 0.717) is 0 Å². The second-order valence-electron chi connectivity index (χ2n) is 4.52. The van der Waals surface area contributed by atoms with Crippen molar-refractivity contribution in [2.75, 3.05) is 26.8 Å². The van der Waals surface area contributed by atoms with E-state index < -0.39 is 0 Å². The van der Waals surface area contributed by atoms with Crippen molar-refractivity contribution in [2.24, 2.45) is 0 Å². The monoisotopic (exact) mass is 273 g/mol. The van der Waals surface area contributed by atoms with Crippen molar-refractivity contribution < 1.29 is 4.74 Å². The third kappa shape index (κ3) is 2.60. The predicted molar refractivity (Wildman–Crippen MR) is 72.1 cm³/mol. The number of likely N-dealkylation sites (N-methyl/N-ethyl adjacent to an activating group) is 1. The first-order valence-corrected chi connectivity index (χ1v) is 6.62. The minimum absolute atomic E-state index is 0.00241. The molecule has 0 aromatic heterocycles. The van der Waals surface area contributed by atoms with E-state index in [-0.39, 0.29) is 5.41 Å². The molecule has 0 bridgehead atoms. The van der Waals surface area contributed by atoms with E-state index >= 15 is 0 Å². The number of ether oxygens (including phenoxy) is 1. The standard InChI is InChI=1S/C13H17Cl2NO/c1-16-9-13(5-7-17-8-6-13)12-10(14)3-2-4-11(12)15/h2-4,16H,5-9H2,1H3. The molecule has 0 amide bonds. The molecule has 2 nitrogen and oxygen atoms in total. The van der Waals surface area contributed by atoms with Crippen molar-refractivity contribution >= 4 is 23.2 Å². The first kappa shape index (κ1) is 13.2. The van der Waals surface area contributed by atoms with Gasteiger partial charge in [0.25, 0.3) is 0 Å². The highest BCUT2D eigenvalue weighted by atomic mass is 35.5. The van der Waals surface area contributed by atoms with Gasteiger partial charge in [-0.25, -0.2) is 0 Å². The average molecular weight is 274 g/mol. The smallest absolute Gasteiger partial charge is 0.0475 e. The molecule has 0 radical (unpaired) electrons. The fourth-order valence-electron chi connectivity index (χ4n) is 2.62. The third-order valence-corrected chi connectivity index (χ3v) is 4.09. The van der Waals surface area contributed by atoms with Gasteiger partial charge in [-0.3, -0.25) is 0 Å². The second-order valence-corrected chi connectivity index (χ2v) is 5.33. The third-order valence-electron chi connectivity index (χ3n) is 3.46. The normalized spacial score (nSPS) is 19.2. The van der Waals surface area contributed by atoms with Crippen LogP contribution in [0.4, 0.5) is 0 Å². The maximum absolute atomic E-state index is 6.34. The lowest BCUT2D eigenvalue weighted by atomic mass is 9.74. The SMILES string of the molecule is CNCC1(c2c(Cl)cccc2Cl)CCOCC1. The molecule has 1 fully saturated rings. The summed E-state index contributed by atoms with van der Waals surface area (Å²) in [5.41, 5.74) is 1.07. The van der Waals surface area contributed by atoms with E-state index in [9.17, 15) is 0 Å². The molecule has 1 heterocycles. The number of hydrogen-bond acceptors (Lipinski definition) is 2. The maximum atomic E-state index is 6.34. The zero-order chi connectivity index (χ0) is 12.3. The van der Waals surface area contributed by atoms with E-state index in [1.54, 1.807) is 0 Å². The fraction of sp³-hybridized carbons (Fsp3) is 0.538. The molecule has 17 heavy (non-hydrogen) atoms. The number of halogens is 2. The molecule has 1 aromatic carbocycles. The van der Waals surface area contributed by atoms with Gasteiger partial charge in [0.1, 0.15) is 0 Å². The quantitative estimate of drug-likeness (QED) is 0.913. The minimum atomic E-state index is 0.00241. The Morgan fingerprint density at radius 2 is 1.82 bits per heavy atom. The molecule has 1 saturated heterocycles. The largest absolute Gasteiger partial charge is 0.381 e. The van der Waals surface area contributed by atoms with Crippen molar-refractivity contribution in [1.29, 1.82) is 0 Å². The van der Waals surface area contributed by atoms with Gasteiger partial charge < -0.3 is 10.1 Å². The first-order valence-electron chi connectivity index (χ1n) is 5.86. The van der Waals surface area contributed by atoms with Gasteiger partial charge in [-0.15, -0.1) is 0 Å². The van der Waals surface area contributed by atoms with Gasteiger partial charge in [0, 0.05) is 35.2 Å². The van der Waals surface area contributed by atoms with Gasteiger partial charge in [0.2, 0.25) is 0 Å². The van der Waals surface area contributed by atoms with Gasteiger partial charge in [-0.1, -0.05) is 29.3 Å². The molecule has 1 aliphatic heterocycles. The Balaban J connectivity index is 2.44. The summed E-state index contributed by atoms with van der Waals surface area (Å²) in [5.74, 6) is 0. The summed E-state index contributed by atoms with van der Waals surface area (Å²) in [6, 6.07) is 5.71.